The summed E-state index contributed by atoms with van der Waals surface area (Å²) in [5.41, 5.74) is 3.13. The Bertz CT molecular complexity index is 462. The lowest BCUT2D eigenvalue weighted by atomic mass is 9.97. The van der Waals surface area contributed by atoms with E-state index in [0.717, 1.165) is 48.6 Å². The van der Waals surface area contributed by atoms with E-state index in [2.05, 4.69) is 30.5 Å². The van der Waals surface area contributed by atoms with Gasteiger partial charge in [0.2, 0.25) is 0 Å². The number of anilines is 1. The zero-order chi connectivity index (χ0) is 14.4. The van der Waals surface area contributed by atoms with Crippen LogP contribution in [-0.2, 0) is 6.42 Å². The number of nitrogens with one attached hydrogen (secondary N) is 2. The maximum atomic E-state index is 12.4. The van der Waals surface area contributed by atoms with Crippen molar-refractivity contribution in [2.24, 2.45) is 0 Å². The first kappa shape index (κ1) is 15.2. The van der Waals surface area contributed by atoms with Crippen molar-refractivity contribution in [3.8, 4) is 0 Å². The van der Waals surface area contributed by atoms with Crippen LogP contribution in [-0.4, -0.2) is 30.0 Å². The number of amides is 1. The number of hydrogen-bond acceptors (Lipinski definition) is 3. The smallest absolute Gasteiger partial charge is 0.251 e. The van der Waals surface area contributed by atoms with Gasteiger partial charge in [-0.15, -0.1) is 0 Å². The van der Waals surface area contributed by atoms with Crippen molar-refractivity contribution in [2.45, 2.75) is 39.2 Å². The first-order valence-corrected chi connectivity index (χ1v) is 8.62. The zero-order valence-electron chi connectivity index (χ0n) is 12.4. The van der Waals surface area contributed by atoms with Crippen LogP contribution in [0.4, 0.5) is 5.69 Å². The van der Waals surface area contributed by atoms with Crippen LogP contribution in [0.5, 0.6) is 0 Å². The largest absolute Gasteiger partial charge is 0.385 e. The Morgan fingerprint density at radius 1 is 1.50 bits per heavy atom. The van der Waals surface area contributed by atoms with Crippen LogP contribution in [0.15, 0.2) is 18.2 Å². The van der Waals surface area contributed by atoms with Gasteiger partial charge in [0.25, 0.3) is 5.91 Å². The standard InChI is InChI=1S/C16H24N2OS/c1-3-20-11-9-12(2)18-16(19)14-6-4-8-15-13(14)7-5-10-17-15/h4,6,8,12,17H,3,5,7,9-11H2,1-2H3,(H,18,19). The van der Waals surface area contributed by atoms with Gasteiger partial charge in [0, 0.05) is 23.8 Å². The third kappa shape index (κ3) is 3.92. The molecule has 20 heavy (non-hydrogen) atoms. The molecule has 1 aromatic rings. The highest BCUT2D eigenvalue weighted by molar-refractivity contribution is 7.99. The van der Waals surface area contributed by atoms with Crippen molar-refractivity contribution in [1.29, 1.82) is 0 Å². The second-order valence-electron chi connectivity index (χ2n) is 5.22. The molecule has 0 radical (unpaired) electrons. The molecule has 0 saturated heterocycles. The van der Waals surface area contributed by atoms with E-state index >= 15 is 0 Å². The van der Waals surface area contributed by atoms with Gasteiger partial charge in [-0.1, -0.05) is 13.0 Å². The van der Waals surface area contributed by atoms with Crippen LogP contribution in [0.2, 0.25) is 0 Å². The summed E-state index contributed by atoms with van der Waals surface area (Å²) in [6.07, 6.45) is 3.11. The van der Waals surface area contributed by atoms with Crippen LogP contribution in [0.1, 0.15) is 42.6 Å². The van der Waals surface area contributed by atoms with Crippen molar-refractivity contribution in [2.75, 3.05) is 23.4 Å². The van der Waals surface area contributed by atoms with Gasteiger partial charge >= 0.3 is 0 Å². The second-order valence-corrected chi connectivity index (χ2v) is 6.62. The lowest BCUT2D eigenvalue weighted by Crippen LogP contribution is -2.34. The maximum absolute atomic E-state index is 12.4. The molecule has 1 aliphatic rings. The molecule has 1 aromatic carbocycles. The molecule has 4 heteroatoms. The van der Waals surface area contributed by atoms with E-state index in [4.69, 9.17) is 0 Å². The average molecular weight is 292 g/mol. The molecule has 0 bridgehead atoms. The van der Waals surface area contributed by atoms with Gasteiger partial charge in [-0.2, -0.15) is 11.8 Å². The molecule has 1 unspecified atom stereocenters. The molecule has 0 saturated carbocycles. The van der Waals surface area contributed by atoms with E-state index in [1.165, 1.54) is 5.56 Å². The number of rotatable bonds is 6. The summed E-state index contributed by atoms with van der Waals surface area (Å²) >= 11 is 1.92. The molecule has 0 spiro atoms. The van der Waals surface area contributed by atoms with Crippen LogP contribution in [0.3, 0.4) is 0 Å². The Hall–Kier alpha value is -1.16. The van der Waals surface area contributed by atoms with Crippen molar-refractivity contribution in [3.05, 3.63) is 29.3 Å². The summed E-state index contributed by atoms with van der Waals surface area (Å²) in [7, 11) is 0. The predicted molar refractivity (Wildman–Crippen MR) is 87.8 cm³/mol. The SMILES string of the molecule is CCSCCC(C)NC(=O)c1cccc2c1CCCN2. The van der Waals surface area contributed by atoms with Crippen LogP contribution >= 0.6 is 11.8 Å². The quantitative estimate of drug-likeness (QED) is 0.790. The molecular formula is C16H24N2OS. The van der Waals surface area contributed by atoms with E-state index in [9.17, 15) is 4.79 Å². The van der Waals surface area contributed by atoms with Crippen LogP contribution in [0, 0.1) is 0 Å². The average Bonchev–Trinajstić information content (AvgIpc) is 2.47. The number of carbonyl (C=O) groups is 1. The monoisotopic (exact) mass is 292 g/mol. The third-order valence-corrected chi connectivity index (χ3v) is 4.55. The Balaban J connectivity index is 1.99. The van der Waals surface area contributed by atoms with Gasteiger partial charge in [0.15, 0.2) is 0 Å². The fourth-order valence-electron chi connectivity index (χ4n) is 2.50. The lowest BCUT2D eigenvalue weighted by Gasteiger charge is -2.21. The minimum absolute atomic E-state index is 0.0690. The maximum Gasteiger partial charge on any atom is 0.251 e. The summed E-state index contributed by atoms with van der Waals surface area (Å²) in [5, 5.41) is 6.49. The minimum atomic E-state index is 0.0690. The molecule has 1 atom stereocenters. The summed E-state index contributed by atoms with van der Waals surface area (Å²) in [4.78, 5) is 12.4. The Kier molecular flexibility index (Phi) is 5.77. The first-order chi connectivity index (χ1) is 9.72. The molecule has 0 aliphatic carbocycles. The van der Waals surface area contributed by atoms with E-state index in [0.29, 0.717) is 0 Å². The normalized spacial score (nSPS) is 15.1. The molecule has 0 aromatic heterocycles. The number of carbonyl (C=O) groups excluding carboxylic acids is 1. The third-order valence-electron chi connectivity index (χ3n) is 3.62. The van der Waals surface area contributed by atoms with E-state index in [-0.39, 0.29) is 11.9 Å². The van der Waals surface area contributed by atoms with Gasteiger partial charge < -0.3 is 10.6 Å². The van der Waals surface area contributed by atoms with E-state index in [1.54, 1.807) is 0 Å². The van der Waals surface area contributed by atoms with Gasteiger partial charge in [0.1, 0.15) is 0 Å². The molecule has 3 nitrogen and oxygen atoms in total. The van der Waals surface area contributed by atoms with E-state index < -0.39 is 0 Å². The topological polar surface area (TPSA) is 41.1 Å². The van der Waals surface area contributed by atoms with Gasteiger partial charge in [-0.05, 0) is 55.4 Å². The highest BCUT2D eigenvalue weighted by Crippen LogP contribution is 2.25. The lowest BCUT2D eigenvalue weighted by molar-refractivity contribution is 0.0938. The predicted octanol–water partition coefficient (Wildman–Crippen LogP) is 3.31. The molecule has 1 amide bonds. The summed E-state index contributed by atoms with van der Waals surface area (Å²) in [6, 6.07) is 6.19. The molecule has 0 fully saturated rings. The van der Waals surface area contributed by atoms with Gasteiger partial charge in [0.05, 0.1) is 0 Å². The highest BCUT2D eigenvalue weighted by Gasteiger charge is 2.18. The molecule has 1 heterocycles. The summed E-state index contributed by atoms with van der Waals surface area (Å²) in [5.74, 6) is 2.31. The number of benzene rings is 1. The number of thioether (sulfide) groups is 1. The molecule has 1 aliphatic heterocycles. The fourth-order valence-corrected chi connectivity index (χ4v) is 3.31. The highest BCUT2D eigenvalue weighted by atomic mass is 32.2. The van der Waals surface area contributed by atoms with Crippen molar-refractivity contribution in [3.63, 3.8) is 0 Å². The second kappa shape index (κ2) is 7.58. The van der Waals surface area contributed by atoms with Crippen molar-refractivity contribution in [1.82, 2.24) is 5.32 Å². The first-order valence-electron chi connectivity index (χ1n) is 7.46. The fraction of sp³-hybridized carbons (Fsp3) is 0.562. The van der Waals surface area contributed by atoms with Crippen LogP contribution in [0.25, 0.3) is 0 Å². The Morgan fingerprint density at radius 3 is 3.15 bits per heavy atom. The molecule has 2 rings (SSSR count). The number of fused-ring (bicyclic) bond motifs is 1. The van der Waals surface area contributed by atoms with Crippen molar-refractivity contribution < 1.29 is 4.79 Å². The van der Waals surface area contributed by atoms with Gasteiger partial charge in [-0.3, -0.25) is 4.79 Å². The summed E-state index contributed by atoms with van der Waals surface area (Å²) in [6.45, 7) is 5.25. The molecule has 2 N–H and O–H groups in total. The van der Waals surface area contributed by atoms with Crippen molar-refractivity contribution >= 4 is 23.4 Å². The Morgan fingerprint density at radius 2 is 2.35 bits per heavy atom. The van der Waals surface area contributed by atoms with Gasteiger partial charge in [-0.25, -0.2) is 0 Å². The number of hydrogen-bond donors (Lipinski definition) is 2. The zero-order valence-corrected chi connectivity index (χ0v) is 13.2. The Labute approximate surface area is 125 Å². The molecular weight excluding hydrogens is 268 g/mol. The molecule has 110 valence electrons. The van der Waals surface area contributed by atoms with E-state index in [1.807, 2.05) is 23.9 Å². The van der Waals surface area contributed by atoms with Crippen LogP contribution < -0.4 is 10.6 Å². The minimum Gasteiger partial charge on any atom is -0.385 e. The summed E-state index contributed by atoms with van der Waals surface area (Å²) < 4.78 is 0.